The van der Waals surface area contributed by atoms with Gasteiger partial charge in [0.1, 0.15) is 59.3 Å². The summed E-state index contributed by atoms with van der Waals surface area (Å²) >= 11 is 6.72. The molecular weight excluding hydrogens is 604 g/mol. The Bertz CT molecular complexity index is 1830. The number of nitrogens with one attached hydrogen (secondary N) is 1. The number of hydrogen-bond donors (Lipinski definition) is 1. The van der Waals surface area contributed by atoms with Crippen molar-refractivity contribution in [2.45, 2.75) is 65.1 Å². The number of rotatable bonds is 8. The molecule has 1 aliphatic rings. The van der Waals surface area contributed by atoms with Crippen LogP contribution < -0.4 is 14.8 Å². The fourth-order valence-electron chi connectivity index (χ4n) is 5.46. The van der Waals surface area contributed by atoms with Gasteiger partial charge in [0.05, 0.1) is 11.1 Å². The van der Waals surface area contributed by atoms with Gasteiger partial charge >= 0.3 is 6.09 Å². The van der Waals surface area contributed by atoms with E-state index >= 15 is 0 Å². The highest BCUT2D eigenvalue weighted by molar-refractivity contribution is 6.35. The zero-order chi connectivity index (χ0) is 32.4. The zero-order valence-corrected chi connectivity index (χ0v) is 27.2. The first kappa shape index (κ1) is 31.4. The third-order valence-electron chi connectivity index (χ3n) is 7.65. The Morgan fingerprint density at radius 3 is 2.33 bits per heavy atom. The Morgan fingerprint density at radius 2 is 1.63 bits per heavy atom. The maximum Gasteiger partial charge on any atom is 0.412 e. The van der Waals surface area contributed by atoms with Crippen LogP contribution in [0.5, 0.6) is 11.5 Å². The minimum absolute atomic E-state index is 0.288. The molecule has 238 valence electrons. The van der Waals surface area contributed by atoms with E-state index in [0.29, 0.717) is 29.7 Å². The molecule has 1 aliphatic heterocycles. The van der Waals surface area contributed by atoms with E-state index in [1.165, 1.54) is 6.33 Å². The molecule has 0 unspecified atom stereocenters. The second-order valence-corrected chi connectivity index (χ2v) is 12.8. The quantitative estimate of drug-likeness (QED) is 0.170. The lowest BCUT2D eigenvalue weighted by molar-refractivity contribution is -0.0339. The van der Waals surface area contributed by atoms with E-state index in [4.69, 9.17) is 30.5 Å². The number of amides is 1. The van der Waals surface area contributed by atoms with Gasteiger partial charge in [-0.3, -0.25) is 5.32 Å². The average Bonchev–Trinajstić information content (AvgIpc) is 3.59. The van der Waals surface area contributed by atoms with Crippen molar-refractivity contribution in [3.05, 3.63) is 102 Å². The van der Waals surface area contributed by atoms with Gasteiger partial charge in [0, 0.05) is 23.7 Å². The van der Waals surface area contributed by atoms with E-state index in [0.717, 1.165) is 33.8 Å². The third-order valence-corrected chi connectivity index (χ3v) is 7.94. The Balaban J connectivity index is 1.34. The molecule has 0 aliphatic carbocycles. The number of fused-ring (bicyclic) bond motifs is 1. The van der Waals surface area contributed by atoms with Crippen LogP contribution >= 0.6 is 11.6 Å². The van der Waals surface area contributed by atoms with Crippen molar-refractivity contribution in [1.82, 2.24) is 14.5 Å². The minimum Gasteiger partial charge on any atom is -0.491 e. The normalized spacial score (nSPS) is 18.0. The molecule has 10 heteroatoms. The van der Waals surface area contributed by atoms with Crippen molar-refractivity contribution in [2.24, 2.45) is 0 Å². The van der Waals surface area contributed by atoms with E-state index in [2.05, 4.69) is 15.3 Å². The van der Waals surface area contributed by atoms with Crippen molar-refractivity contribution in [3.63, 3.8) is 0 Å². The molecule has 1 fully saturated rings. The smallest absolute Gasteiger partial charge is 0.412 e. The van der Waals surface area contributed by atoms with Gasteiger partial charge in [-0.05, 0) is 65.0 Å². The number of carbonyl (C=O) groups is 1. The first-order valence-corrected chi connectivity index (χ1v) is 15.6. The standard InChI is InChI=1S/C36H37ClN4O5/c1-22-10-14-24(15-11-22)43-20-30-29(44-25-16-12-23(2)13-17-25)18-31(45-30)41-19-27(32-33(37)38-21-39-34(32)41)26-8-6-7-9-28(26)40-35(42)46-36(3,4)5/h6-17,19,21,29-31H,18,20H2,1-5H3,(H,40,42)/t29-,30+,31+/m0/s1. The van der Waals surface area contributed by atoms with Crippen molar-refractivity contribution < 1.29 is 23.7 Å². The number of para-hydroxylation sites is 1. The maximum absolute atomic E-state index is 12.7. The highest BCUT2D eigenvalue weighted by Gasteiger charge is 2.40. The average molecular weight is 641 g/mol. The second-order valence-electron chi connectivity index (χ2n) is 12.4. The first-order valence-electron chi connectivity index (χ1n) is 15.2. The molecule has 1 amide bonds. The SMILES string of the molecule is Cc1ccc(OC[C@H]2O[C@@H](n3cc(-c4ccccc4NC(=O)OC(C)(C)C)c4c(Cl)ncnc43)C[C@@H]2Oc2ccc(C)cc2)cc1. The highest BCUT2D eigenvalue weighted by Crippen LogP contribution is 2.41. The summed E-state index contributed by atoms with van der Waals surface area (Å²) in [5, 5.41) is 3.82. The number of anilines is 1. The molecule has 1 N–H and O–H groups in total. The molecule has 1 saturated heterocycles. The number of hydrogen-bond acceptors (Lipinski definition) is 7. The van der Waals surface area contributed by atoms with Gasteiger partial charge < -0.3 is 23.5 Å². The van der Waals surface area contributed by atoms with Crippen LogP contribution in [-0.2, 0) is 9.47 Å². The van der Waals surface area contributed by atoms with Crippen molar-refractivity contribution in [2.75, 3.05) is 11.9 Å². The molecule has 0 radical (unpaired) electrons. The van der Waals surface area contributed by atoms with Crippen LogP contribution in [0.25, 0.3) is 22.2 Å². The summed E-state index contributed by atoms with van der Waals surface area (Å²) in [5.74, 6) is 1.51. The molecule has 3 aromatic carbocycles. The second kappa shape index (κ2) is 13.0. The monoisotopic (exact) mass is 640 g/mol. The fourth-order valence-corrected chi connectivity index (χ4v) is 5.69. The number of halogens is 1. The topological polar surface area (TPSA) is 96.7 Å². The summed E-state index contributed by atoms with van der Waals surface area (Å²) in [6, 6.07) is 23.4. The Hall–Kier alpha value is -4.60. The van der Waals surface area contributed by atoms with Gasteiger partial charge in [-0.15, -0.1) is 0 Å². The molecule has 0 saturated carbocycles. The van der Waals surface area contributed by atoms with Crippen LogP contribution in [0.4, 0.5) is 10.5 Å². The van der Waals surface area contributed by atoms with E-state index in [1.54, 1.807) is 0 Å². The van der Waals surface area contributed by atoms with E-state index in [-0.39, 0.29) is 17.4 Å². The van der Waals surface area contributed by atoms with Crippen LogP contribution in [0.15, 0.2) is 85.3 Å². The third kappa shape index (κ3) is 7.11. The van der Waals surface area contributed by atoms with Gasteiger partial charge in [0.15, 0.2) is 0 Å². The van der Waals surface area contributed by atoms with Crippen LogP contribution in [0, 0.1) is 13.8 Å². The van der Waals surface area contributed by atoms with Gasteiger partial charge in [0.25, 0.3) is 0 Å². The summed E-state index contributed by atoms with van der Waals surface area (Å²) < 4.78 is 26.8. The van der Waals surface area contributed by atoms with E-state index in [1.807, 2.05) is 118 Å². The minimum atomic E-state index is -0.650. The van der Waals surface area contributed by atoms with E-state index in [9.17, 15) is 4.79 Å². The number of ether oxygens (including phenoxy) is 4. The summed E-state index contributed by atoms with van der Waals surface area (Å²) in [5.41, 5.74) is 4.29. The van der Waals surface area contributed by atoms with E-state index < -0.39 is 17.9 Å². The van der Waals surface area contributed by atoms with Crippen LogP contribution in [0.2, 0.25) is 5.15 Å². The lowest BCUT2D eigenvalue weighted by atomic mass is 10.0. The molecular formula is C36H37ClN4O5. The highest BCUT2D eigenvalue weighted by atomic mass is 35.5. The van der Waals surface area contributed by atoms with Gasteiger partial charge in [-0.25, -0.2) is 14.8 Å². The molecule has 9 nitrogen and oxygen atoms in total. The Morgan fingerprint density at radius 1 is 0.957 bits per heavy atom. The van der Waals surface area contributed by atoms with Crippen molar-refractivity contribution >= 4 is 34.4 Å². The number of carbonyl (C=O) groups excluding carboxylic acids is 1. The van der Waals surface area contributed by atoms with Crippen molar-refractivity contribution in [3.8, 4) is 22.6 Å². The van der Waals surface area contributed by atoms with Gasteiger partial charge in [-0.1, -0.05) is 65.2 Å². The first-order chi connectivity index (χ1) is 22.0. The largest absolute Gasteiger partial charge is 0.491 e. The number of benzene rings is 3. The number of aryl methyl sites for hydroxylation is 2. The maximum atomic E-state index is 12.7. The van der Waals surface area contributed by atoms with Crippen LogP contribution in [-0.4, -0.2) is 45.0 Å². The molecule has 46 heavy (non-hydrogen) atoms. The molecule has 5 aromatic rings. The fraction of sp³-hybridized carbons (Fsp3) is 0.306. The Kier molecular flexibility index (Phi) is 8.88. The molecule has 2 aromatic heterocycles. The predicted molar refractivity (Wildman–Crippen MR) is 179 cm³/mol. The Labute approximate surface area is 273 Å². The lowest BCUT2D eigenvalue weighted by Crippen LogP contribution is -2.32. The molecule has 0 bridgehead atoms. The number of aromatic nitrogens is 3. The number of nitrogens with zero attached hydrogens (tertiary/aromatic N) is 3. The molecule has 3 heterocycles. The molecule has 6 rings (SSSR count). The van der Waals surface area contributed by atoms with Gasteiger partial charge in [-0.2, -0.15) is 0 Å². The summed E-state index contributed by atoms with van der Waals surface area (Å²) in [6.45, 7) is 9.83. The van der Waals surface area contributed by atoms with Crippen LogP contribution in [0.3, 0.4) is 0 Å². The zero-order valence-electron chi connectivity index (χ0n) is 26.5. The molecule has 0 spiro atoms. The van der Waals surface area contributed by atoms with Gasteiger partial charge in [0.2, 0.25) is 0 Å². The predicted octanol–water partition coefficient (Wildman–Crippen LogP) is 8.53. The summed E-state index contributed by atoms with van der Waals surface area (Å²) in [7, 11) is 0. The van der Waals surface area contributed by atoms with Crippen molar-refractivity contribution in [1.29, 1.82) is 0 Å². The summed E-state index contributed by atoms with van der Waals surface area (Å²) in [4.78, 5) is 21.6. The summed E-state index contributed by atoms with van der Waals surface area (Å²) in [6.07, 6.45) is 2.21. The molecule has 3 atom stereocenters. The van der Waals surface area contributed by atoms with Crippen LogP contribution in [0.1, 0.15) is 44.5 Å². The lowest BCUT2D eigenvalue weighted by Gasteiger charge is -2.20.